The molecule has 2 aromatic rings. The third kappa shape index (κ3) is 3.10. The third-order valence-corrected chi connectivity index (χ3v) is 2.86. The lowest BCUT2D eigenvalue weighted by Crippen LogP contribution is -2.24. The minimum Gasteiger partial charge on any atom is -0.389 e. The van der Waals surface area contributed by atoms with E-state index in [-0.39, 0.29) is 6.61 Å². The molecule has 1 atom stereocenters. The van der Waals surface area contributed by atoms with Gasteiger partial charge in [0, 0.05) is 19.0 Å². The number of aliphatic hydroxyl groups is 1. The van der Waals surface area contributed by atoms with Crippen LogP contribution in [0.15, 0.2) is 30.3 Å². The first kappa shape index (κ1) is 13.1. The molecule has 0 fully saturated rings. The topological polar surface area (TPSA) is 54.4 Å². The molecular formula is C13H15ClN2O2. The molecule has 2 N–H and O–H groups in total. The van der Waals surface area contributed by atoms with Gasteiger partial charge in [-0.1, -0.05) is 35.9 Å². The largest absolute Gasteiger partial charge is 0.389 e. The molecule has 1 aromatic heterocycles. The zero-order valence-electron chi connectivity index (χ0n) is 10.1. The monoisotopic (exact) mass is 266 g/mol. The van der Waals surface area contributed by atoms with Crippen LogP contribution in [0.5, 0.6) is 0 Å². The second-order valence-corrected chi connectivity index (χ2v) is 4.37. The van der Waals surface area contributed by atoms with Gasteiger partial charge >= 0.3 is 0 Å². The summed E-state index contributed by atoms with van der Waals surface area (Å²) in [6.07, 6.45) is -0.568. The summed E-state index contributed by atoms with van der Waals surface area (Å²) in [7, 11) is 1.55. The van der Waals surface area contributed by atoms with E-state index in [9.17, 15) is 5.11 Å². The quantitative estimate of drug-likeness (QED) is 0.816. The zero-order valence-corrected chi connectivity index (χ0v) is 10.8. The van der Waals surface area contributed by atoms with E-state index in [1.807, 2.05) is 30.3 Å². The van der Waals surface area contributed by atoms with E-state index in [1.54, 1.807) is 7.11 Å². The third-order valence-electron chi connectivity index (χ3n) is 2.57. The van der Waals surface area contributed by atoms with E-state index in [2.05, 4.69) is 10.3 Å². The number of anilines is 1. The van der Waals surface area contributed by atoms with Crippen LogP contribution in [0.3, 0.4) is 0 Å². The molecule has 0 spiro atoms. The minimum atomic E-state index is -0.568. The smallest absolute Gasteiger partial charge is 0.139 e. The number of benzene rings is 1. The Hall–Kier alpha value is -1.36. The molecule has 2 rings (SSSR count). The number of aliphatic hydroxyl groups excluding tert-OH is 1. The number of fused-ring (bicyclic) bond motifs is 1. The molecule has 1 heterocycles. The van der Waals surface area contributed by atoms with E-state index in [0.29, 0.717) is 17.5 Å². The Balaban J connectivity index is 2.14. The summed E-state index contributed by atoms with van der Waals surface area (Å²) in [5.41, 5.74) is 0. The highest BCUT2D eigenvalue weighted by Gasteiger charge is 2.06. The van der Waals surface area contributed by atoms with E-state index in [0.717, 1.165) is 10.8 Å². The van der Waals surface area contributed by atoms with Crippen molar-refractivity contribution in [2.45, 2.75) is 6.10 Å². The summed E-state index contributed by atoms with van der Waals surface area (Å²) < 4.78 is 4.85. The Morgan fingerprint density at radius 2 is 2.22 bits per heavy atom. The van der Waals surface area contributed by atoms with Crippen LogP contribution in [0.2, 0.25) is 5.15 Å². The van der Waals surface area contributed by atoms with Crippen LogP contribution in [0.1, 0.15) is 0 Å². The molecule has 0 bridgehead atoms. The molecule has 5 heteroatoms. The van der Waals surface area contributed by atoms with Gasteiger partial charge in [0.25, 0.3) is 0 Å². The van der Waals surface area contributed by atoms with Gasteiger partial charge in [-0.25, -0.2) is 4.98 Å². The van der Waals surface area contributed by atoms with Crippen LogP contribution in [0.4, 0.5) is 5.82 Å². The number of aromatic nitrogens is 1. The molecule has 0 saturated carbocycles. The number of rotatable bonds is 5. The molecule has 0 aliphatic rings. The normalized spacial score (nSPS) is 12.6. The van der Waals surface area contributed by atoms with E-state index >= 15 is 0 Å². The Bertz CT molecular complexity index is 533. The van der Waals surface area contributed by atoms with Crippen molar-refractivity contribution < 1.29 is 9.84 Å². The number of hydrogen-bond donors (Lipinski definition) is 2. The molecule has 18 heavy (non-hydrogen) atoms. The van der Waals surface area contributed by atoms with Crippen molar-refractivity contribution in [1.82, 2.24) is 4.98 Å². The molecular weight excluding hydrogens is 252 g/mol. The molecule has 0 radical (unpaired) electrons. The highest BCUT2D eigenvalue weighted by Crippen LogP contribution is 2.24. The summed E-state index contributed by atoms with van der Waals surface area (Å²) in [6.45, 7) is 0.657. The van der Waals surface area contributed by atoms with Gasteiger partial charge in [0.15, 0.2) is 0 Å². The van der Waals surface area contributed by atoms with Crippen molar-refractivity contribution in [1.29, 1.82) is 0 Å². The maximum absolute atomic E-state index is 9.54. The standard InChI is InChI=1S/C13H15ClN2O2/c1-18-8-10(17)7-15-12-6-9-4-2-3-5-11(9)13(14)16-12/h2-6,10,17H,7-8H2,1H3,(H,15,16)/t10-/m0/s1. The average Bonchev–Trinajstić information content (AvgIpc) is 2.37. The van der Waals surface area contributed by atoms with Crippen molar-refractivity contribution in [3.8, 4) is 0 Å². The van der Waals surface area contributed by atoms with Crippen LogP contribution < -0.4 is 5.32 Å². The van der Waals surface area contributed by atoms with Crippen molar-refractivity contribution in [3.05, 3.63) is 35.5 Å². The van der Waals surface area contributed by atoms with E-state index < -0.39 is 6.10 Å². The number of ether oxygens (including phenoxy) is 1. The number of hydrogen-bond acceptors (Lipinski definition) is 4. The maximum atomic E-state index is 9.54. The van der Waals surface area contributed by atoms with Gasteiger partial charge in [-0.3, -0.25) is 0 Å². The second-order valence-electron chi connectivity index (χ2n) is 4.01. The summed E-state index contributed by atoms with van der Waals surface area (Å²) >= 11 is 6.10. The number of nitrogens with one attached hydrogen (secondary N) is 1. The van der Waals surface area contributed by atoms with Gasteiger partial charge in [-0.05, 0) is 11.5 Å². The first-order valence-electron chi connectivity index (χ1n) is 5.67. The van der Waals surface area contributed by atoms with Gasteiger partial charge in [0.05, 0.1) is 12.7 Å². The highest BCUT2D eigenvalue weighted by molar-refractivity contribution is 6.34. The summed E-state index contributed by atoms with van der Waals surface area (Å²) in [6, 6.07) is 9.67. The Kier molecular flexibility index (Phi) is 4.36. The van der Waals surface area contributed by atoms with Gasteiger partial charge < -0.3 is 15.2 Å². The van der Waals surface area contributed by atoms with E-state index in [4.69, 9.17) is 16.3 Å². The summed E-state index contributed by atoms with van der Waals surface area (Å²) in [5.74, 6) is 0.647. The zero-order chi connectivity index (χ0) is 13.0. The van der Waals surface area contributed by atoms with Crippen LogP contribution in [0.25, 0.3) is 10.8 Å². The molecule has 4 nitrogen and oxygen atoms in total. The fourth-order valence-electron chi connectivity index (χ4n) is 1.72. The second kappa shape index (κ2) is 6.00. The van der Waals surface area contributed by atoms with Crippen LogP contribution in [-0.4, -0.2) is 36.5 Å². The van der Waals surface area contributed by atoms with Crippen LogP contribution in [0, 0.1) is 0 Å². The Labute approximate surface area is 111 Å². The number of pyridine rings is 1. The predicted molar refractivity (Wildman–Crippen MR) is 73.1 cm³/mol. The lowest BCUT2D eigenvalue weighted by molar-refractivity contribution is 0.0727. The van der Waals surface area contributed by atoms with E-state index in [1.165, 1.54) is 0 Å². The lowest BCUT2D eigenvalue weighted by atomic mass is 10.2. The molecule has 0 saturated heterocycles. The maximum Gasteiger partial charge on any atom is 0.139 e. The summed E-state index contributed by atoms with van der Waals surface area (Å²) in [5, 5.41) is 15.0. The highest BCUT2D eigenvalue weighted by atomic mass is 35.5. The van der Waals surface area contributed by atoms with Crippen molar-refractivity contribution in [3.63, 3.8) is 0 Å². The molecule has 0 unspecified atom stereocenters. The molecule has 96 valence electrons. The van der Waals surface area contributed by atoms with Crippen LogP contribution >= 0.6 is 11.6 Å². The average molecular weight is 267 g/mol. The molecule has 0 aliphatic carbocycles. The first-order chi connectivity index (χ1) is 8.70. The van der Waals surface area contributed by atoms with Crippen LogP contribution in [-0.2, 0) is 4.74 Å². The SMILES string of the molecule is COC[C@@H](O)CNc1cc2ccccc2c(Cl)n1. The Morgan fingerprint density at radius 1 is 1.44 bits per heavy atom. The fraction of sp³-hybridized carbons (Fsp3) is 0.308. The van der Waals surface area contributed by atoms with Gasteiger partial charge in [-0.2, -0.15) is 0 Å². The number of halogens is 1. The number of methoxy groups -OCH3 is 1. The van der Waals surface area contributed by atoms with Crippen molar-refractivity contribution in [2.75, 3.05) is 25.6 Å². The molecule has 0 amide bonds. The van der Waals surface area contributed by atoms with Gasteiger partial charge in [-0.15, -0.1) is 0 Å². The van der Waals surface area contributed by atoms with Crippen molar-refractivity contribution >= 4 is 28.2 Å². The first-order valence-corrected chi connectivity index (χ1v) is 6.04. The predicted octanol–water partition coefficient (Wildman–Crippen LogP) is 2.31. The molecule has 0 aliphatic heterocycles. The number of nitrogens with zero attached hydrogens (tertiary/aromatic N) is 1. The van der Waals surface area contributed by atoms with Gasteiger partial charge in [0.2, 0.25) is 0 Å². The molecule has 1 aromatic carbocycles. The minimum absolute atomic E-state index is 0.286. The Morgan fingerprint density at radius 3 is 3.00 bits per heavy atom. The fourth-order valence-corrected chi connectivity index (χ4v) is 1.98. The summed E-state index contributed by atoms with van der Waals surface area (Å²) in [4.78, 5) is 4.24. The van der Waals surface area contributed by atoms with Crippen molar-refractivity contribution in [2.24, 2.45) is 0 Å². The lowest BCUT2D eigenvalue weighted by Gasteiger charge is -2.12. The van der Waals surface area contributed by atoms with Gasteiger partial charge in [0.1, 0.15) is 11.0 Å².